The van der Waals surface area contributed by atoms with E-state index >= 15 is 0 Å². The molecule has 0 saturated carbocycles. The molecule has 0 radical (unpaired) electrons. The van der Waals surface area contributed by atoms with E-state index in [0.29, 0.717) is 54.5 Å². The van der Waals surface area contributed by atoms with E-state index in [0.717, 1.165) is 0 Å². The van der Waals surface area contributed by atoms with Gasteiger partial charge in [-0.05, 0) is 48.5 Å². The Balaban J connectivity index is 1.21. The van der Waals surface area contributed by atoms with E-state index in [1.165, 1.54) is 24.4 Å². The van der Waals surface area contributed by atoms with Gasteiger partial charge in [0.15, 0.2) is 10.6 Å². The van der Waals surface area contributed by atoms with E-state index in [-0.39, 0.29) is 16.8 Å². The Bertz CT molecular complexity index is 1430. The van der Waals surface area contributed by atoms with Crippen molar-refractivity contribution in [2.75, 3.05) is 35.8 Å². The Hall–Kier alpha value is -3.99. The van der Waals surface area contributed by atoms with Gasteiger partial charge in [0, 0.05) is 49.7 Å². The molecule has 0 unspecified atom stereocenters. The van der Waals surface area contributed by atoms with Gasteiger partial charge < -0.3 is 14.2 Å². The summed E-state index contributed by atoms with van der Waals surface area (Å²) in [6.45, 7) is 1.95. The summed E-state index contributed by atoms with van der Waals surface area (Å²) < 4.78 is 46.3. The molecule has 0 aliphatic carbocycles. The van der Waals surface area contributed by atoms with E-state index in [1.54, 1.807) is 47.4 Å². The zero-order chi connectivity index (χ0) is 23.7. The fourth-order valence-corrected chi connectivity index (χ4v) is 4.71. The molecule has 1 fully saturated rings. The Labute approximate surface area is 194 Å². The molecular formula is C23H20FN5O4S. The fraction of sp³-hybridized carbons (Fsp3) is 0.174. The van der Waals surface area contributed by atoms with Crippen molar-refractivity contribution >= 4 is 38.7 Å². The second-order valence-electron chi connectivity index (χ2n) is 7.74. The van der Waals surface area contributed by atoms with Crippen LogP contribution in [0.4, 0.5) is 16.1 Å². The molecular weight excluding hydrogens is 461 g/mol. The number of oxazole rings is 1. The number of benzene rings is 2. The van der Waals surface area contributed by atoms with Crippen molar-refractivity contribution in [2.24, 2.45) is 0 Å². The van der Waals surface area contributed by atoms with Gasteiger partial charge in [-0.2, -0.15) is 13.4 Å². The first-order valence-corrected chi connectivity index (χ1v) is 12.0. The highest BCUT2D eigenvalue weighted by Crippen LogP contribution is 2.24. The standard InChI is InChI=1S/C23H20FN5O4S/c24-17-6-9-19-20(15-17)33-23(26-19)29-13-11-28(12-14-29)22(30)16-4-7-18(8-5-16)27-34(31,32)21-3-1-2-10-25-21/h1-10,15,27H,11-14H2. The third-order valence-electron chi connectivity index (χ3n) is 5.47. The van der Waals surface area contributed by atoms with Crippen molar-refractivity contribution in [1.29, 1.82) is 0 Å². The fourth-order valence-electron chi connectivity index (χ4n) is 3.70. The zero-order valence-electron chi connectivity index (χ0n) is 17.9. The molecule has 1 aliphatic heterocycles. The smallest absolute Gasteiger partial charge is 0.298 e. The maximum Gasteiger partial charge on any atom is 0.298 e. The number of halogens is 1. The molecule has 174 valence electrons. The van der Waals surface area contributed by atoms with Gasteiger partial charge in [0.05, 0.1) is 0 Å². The number of anilines is 2. The van der Waals surface area contributed by atoms with Crippen molar-refractivity contribution in [3.05, 3.63) is 78.2 Å². The van der Waals surface area contributed by atoms with Gasteiger partial charge in [-0.25, -0.2) is 9.37 Å². The minimum atomic E-state index is -3.81. The number of piperazine rings is 1. The third kappa shape index (κ3) is 4.42. The molecule has 11 heteroatoms. The summed E-state index contributed by atoms with van der Waals surface area (Å²) >= 11 is 0. The van der Waals surface area contributed by atoms with Crippen LogP contribution in [0.2, 0.25) is 0 Å². The molecule has 1 N–H and O–H groups in total. The molecule has 5 rings (SSSR count). The van der Waals surface area contributed by atoms with Gasteiger partial charge in [0.2, 0.25) is 0 Å². The summed E-state index contributed by atoms with van der Waals surface area (Å²) in [6, 6.07) is 15.5. The maximum absolute atomic E-state index is 13.4. The number of hydrogen-bond acceptors (Lipinski definition) is 7. The number of pyridine rings is 1. The molecule has 3 heterocycles. The predicted molar refractivity (Wildman–Crippen MR) is 124 cm³/mol. The first kappa shape index (κ1) is 21.8. The van der Waals surface area contributed by atoms with E-state index < -0.39 is 10.0 Å². The number of rotatable bonds is 5. The third-order valence-corrected chi connectivity index (χ3v) is 6.77. The monoisotopic (exact) mass is 481 g/mol. The lowest BCUT2D eigenvalue weighted by atomic mass is 10.1. The molecule has 1 aliphatic rings. The SMILES string of the molecule is O=C(c1ccc(NS(=O)(=O)c2ccccn2)cc1)N1CCN(c2nc3ccc(F)cc3o2)CC1. The van der Waals surface area contributed by atoms with E-state index in [2.05, 4.69) is 14.7 Å². The normalized spacial score (nSPS) is 14.4. The molecule has 0 bridgehead atoms. The first-order chi connectivity index (χ1) is 16.4. The van der Waals surface area contributed by atoms with E-state index in [9.17, 15) is 17.6 Å². The number of hydrogen-bond donors (Lipinski definition) is 1. The van der Waals surface area contributed by atoms with Crippen molar-refractivity contribution in [3.8, 4) is 0 Å². The topological polar surface area (TPSA) is 109 Å². The number of sulfonamides is 1. The largest absolute Gasteiger partial charge is 0.423 e. The van der Waals surface area contributed by atoms with Crippen molar-refractivity contribution in [1.82, 2.24) is 14.9 Å². The molecule has 1 amide bonds. The maximum atomic E-state index is 13.4. The molecule has 2 aromatic heterocycles. The number of aromatic nitrogens is 2. The summed E-state index contributed by atoms with van der Waals surface area (Å²) in [5.74, 6) is -0.542. The van der Waals surface area contributed by atoms with Gasteiger partial charge in [-0.3, -0.25) is 9.52 Å². The van der Waals surface area contributed by atoms with Gasteiger partial charge >= 0.3 is 0 Å². The van der Waals surface area contributed by atoms with Crippen LogP contribution in [-0.2, 0) is 10.0 Å². The molecule has 0 atom stereocenters. The van der Waals surface area contributed by atoms with Gasteiger partial charge in [-0.15, -0.1) is 0 Å². The summed E-state index contributed by atoms with van der Waals surface area (Å²) in [5, 5.41) is -0.0860. The molecule has 2 aromatic carbocycles. The number of fused-ring (bicyclic) bond motifs is 1. The Morgan fingerprint density at radius 1 is 1.00 bits per heavy atom. The van der Waals surface area contributed by atoms with Crippen LogP contribution in [0.15, 0.2) is 76.3 Å². The van der Waals surface area contributed by atoms with E-state index in [1.807, 2.05) is 4.90 Å². The van der Waals surface area contributed by atoms with Crippen LogP contribution in [0.5, 0.6) is 0 Å². The van der Waals surface area contributed by atoms with Gasteiger partial charge in [0.25, 0.3) is 21.9 Å². The van der Waals surface area contributed by atoms with Crippen molar-refractivity contribution in [2.45, 2.75) is 5.03 Å². The minimum Gasteiger partial charge on any atom is -0.423 e. The number of nitrogens with zero attached hydrogens (tertiary/aromatic N) is 4. The summed E-state index contributed by atoms with van der Waals surface area (Å²) in [6.07, 6.45) is 1.40. The predicted octanol–water partition coefficient (Wildman–Crippen LogP) is 3.13. The van der Waals surface area contributed by atoms with Gasteiger partial charge in [-0.1, -0.05) is 6.07 Å². The van der Waals surface area contributed by atoms with Crippen LogP contribution < -0.4 is 9.62 Å². The average molecular weight is 482 g/mol. The molecule has 9 nitrogen and oxygen atoms in total. The lowest BCUT2D eigenvalue weighted by Crippen LogP contribution is -2.48. The number of carbonyl (C=O) groups excluding carboxylic acids is 1. The second-order valence-corrected chi connectivity index (χ2v) is 9.37. The quantitative estimate of drug-likeness (QED) is 0.467. The van der Waals surface area contributed by atoms with E-state index in [4.69, 9.17) is 4.42 Å². The van der Waals surface area contributed by atoms with Gasteiger partial charge in [0.1, 0.15) is 11.3 Å². The van der Waals surface area contributed by atoms with Crippen LogP contribution in [0.25, 0.3) is 11.1 Å². The van der Waals surface area contributed by atoms with Crippen molar-refractivity contribution < 1.29 is 22.0 Å². The van der Waals surface area contributed by atoms with Crippen LogP contribution in [0, 0.1) is 5.82 Å². The lowest BCUT2D eigenvalue weighted by Gasteiger charge is -2.33. The summed E-state index contributed by atoms with van der Waals surface area (Å²) in [7, 11) is -3.81. The molecule has 4 aromatic rings. The number of nitrogens with one attached hydrogen (secondary N) is 1. The molecule has 34 heavy (non-hydrogen) atoms. The lowest BCUT2D eigenvalue weighted by molar-refractivity contribution is 0.0745. The average Bonchev–Trinajstić information content (AvgIpc) is 3.28. The molecule has 1 saturated heterocycles. The van der Waals surface area contributed by atoms with Crippen LogP contribution >= 0.6 is 0 Å². The Morgan fingerprint density at radius 2 is 1.76 bits per heavy atom. The Kier molecular flexibility index (Phi) is 5.62. The number of carbonyl (C=O) groups is 1. The summed E-state index contributed by atoms with van der Waals surface area (Å²) in [5.41, 5.74) is 1.74. The minimum absolute atomic E-state index is 0.0860. The highest BCUT2D eigenvalue weighted by Gasteiger charge is 2.25. The van der Waals surface area contributed by atoms with Crippen LogP contribution in [0.1, 0.15) is 10.4 Å². The highest BCUT2D eigenvalue weighted by molar-refractivity contribution is 7.92. The zero-order valence-corrected chi connectivity index (χ0v) is 18.7. The highest BCUT2D eigenvalue weighted by atomic mass is 32.2. The van der Waals surface area contributed by atoms with Crippen LogP contribution in [0.3, 0.4) is 0 Å². The molecule has 0 spiro atoms. The first-order valence-electron chi connectivity index (χ1n) is 10.5. The Morgan fingerprint density at radius 3 is 2.47 bits per heavy atom. The second kappa shape index (κ2) is 8.75. The summed E-state index contributed by atoms with van der Waals surface area (Å²) in [4.78, 5) is 24.8. The number of amides is 1. The van der Waals surface area contributed by atoms with Crippen LogP contribution in [-0.4, -0.2) is 55.4 Å². The van der Waals surface area contributed by atoms with Crippen molar-refractivity contribution in [3.63, 3.8) is 0 Å².